The molecule has 0 bridgehead atoms. The van der Waals surface area contributed by atoms with Crippen LogP contribution in [0.3, 0.4) is 0 Å². The molecule has 2 aliphatic rings. The fourth-order valence-electron chi connectivity index (χ4n) is 4.43. The number of piperazine rings is 1. The van der Waals surface area contributed by atoms with Gasteiger partial charge in [0.1, 0.15) is 0 Å². The summed E-state index contributed by atoms with van der Waals surface area (Å²) in [5.41, 5.74) is 2.68. The summed E-state index contributed by atoms with van der Waals surface area (Å²) in [6.07, 6.45) is 3.64. The number of aromatic nitrogens is 2. The van der Waals surface area contributed by atoms with Crippen molar-refractivity contribution in [2.45, 2.75) is 39.3 Å². The van der Waals surface area contributed by atoms with E-state index < -0.39 is 0 Å². The molecule has 1 N–H and O–H groups in total. The van der Waals surface area contributed by atoms with E-state index in [1.54, 1.807) is 6.20 Å². The van der Waals surface area contributed by atoms with Gasteiger partial charge in [-0.05, 0) is 31.9 Å². The van der Waals surface area contributed by atoms with Crippen LogP contribution in [0.4, 0.5) is 5.95 Å². The lowest BCUT2D eigenvalue weighted by atomic mass is 10.0. The third-order valence-corrected chi connectivity index (χ3v) is 6.49. The van der Waals surface area contributed by atoms with Crippen LogP contribution in [0.2, 0.25) is 0 Å². The number of nitrogens with one attached hydrogen (secondary N) is 1. The van der Waals surface area contributed by atoms with Crippen molar-refractivity contribution in [2.75, 3.05) is 50.7 Å². The number of amides is 1. The van der Waals surface area contributed by atoms with Crippen molar-refractivity contribution >= 4 is 11.9 Å². The van der Waals surface area contributed by atoms with Crippen LogP contribution >= 0.6 is 0 Å². The third-order valence-electron chi connectivity index (χ3n) is 6.49. The van der Waals surface area contributed by atoms with E-state index in [4.69, 9.17) is 0 Å². The van der Waals surface area contributed by atoms with Crippen LogP contribution < -0.4 is 10.2 Å². The van der Waals surface area contributed by atoms with Gasteiger partial charge in [-0.2, -0.15) is 0 Å². The maximum atomic E-state index is 12.9. The number of anilines is 1. The summed E-state index contributed by atoms with van der Waals surface area (Å²) in [5, 5.41) is 3.21. The molecule has 1 aromatic carbocycles. The predicted octanol–water partition coefficient (Wildman–Crippen LogP) is 2.32. The summed E-state index contributed by atoms with van der Waals surface area (Å²) in [7, 11) is 0. The molecule has 2 fully saturated rings. The molecule has 166 valence electrons. The zero-order valence-electron chi connectivity index (χ0n) is 18.8. The van der Waals surface area contributed by atoms with E-state index in [9.17, 15) is 4.79 Å². The minimum absolute atomic E-state index is 0.0543. The van der Waals surface area contributed by atoms with Gasteiger partial charge < -0.3 is 15.1 Å². The molecule has 7 heteroatoms. The second-order valence-corrected chi connectivity index (χ2v) is 8.60. The van der Waals surface area contributed by atoms with Crippen molar-refractivity contribution < 1.29 is 4.79 Å². The molecule has 0 aliphatic carbocycles. The van der Waals surface area contributed by atoms with E-state index in [2.05, 4.69) is 67.2 Å². The highest BCUT2D eigenvalue weighted by atomic mass is 16.1. The van der Waals surface area contributed by atoms with E-state index in [0.717, 1.165) is 76.8 Å². The Morgan fingerprint density at radius 1 is 1.03 bits per heavy atom. The van der Waals surface area contributed by atoms with E-state index in [1.807, 2.05) is 6.92 Å². The summed E-state index contributed by atoms with van der Waals surface area (Å²) in [4.78, 5) is 29.1. The normalized spacial score (nSPS) is 18.8. The van der Waals surface area contributed by atoms with E-state index in [1.165, 1.54) is 5.56 Å². The number of carbonyl (C=O) groups excluding carboxylic acids is 1. The van der Waals surface area contributed by atoms with Gasteiger partial charge >= 0.3 is 0 Å². The summed E-state index contributed by atoms with van der Waals surface area (Å²) < 4.78 is 0. The molecule has 2 aliphatic heterocycles. The predicted molar refractivity (Wildman–Crippen MR) is 123 cm³/mol. The molecule has 0 radical (unpaired) electrons. The first kappa shape index (κ1) is 21.7. The summed E-state index contributed by atoms with van der Waals surface area (Å²) in [6, 6.07) is 10.8. The summed E-state index contributed by atoms with van der Waals surface area (Å²) in [6.45, 7) is 12.1. The van der Waals surface area contributed by atoms with Gasteiger partial charge in [0.2, 0.25) is 5.95 Å². The topological polar surface area (TPSA) is 64.6 Å². The van der Waals surface area contributed by atoms with Crippen LogP contribution in [0.1, 0.15) is 41.4 Å². The second kappa shape index (κ2) is 10.2. The summed E-state index contributed by atoms with van der Waals surface area (Å²) in [5.74, 6) is 0.681. The van der Waals surface area contributed by atoms with Gasteiger partial charge in [-0.15, -0.1) is 0 Å². The molecule has 0 spiro atoms. The first-order valence-electron chi connectivity index (χ1n) is 11.5. The lowest BCUT2D eigenvalue weighted by Gasteiger charge is -2.34. The monoisotopic (exact) mass is 422 g/mol. The smallest absolute Gasteiger partial charge is 0.254 e. The van der Waals surface area contributed by atoms with E-state index in [0.29, 0.717) is 5.56 Å². The van der Waals surface area contributed by atoms with Gasteiger partial charge in [0.15, 0.2) is 0 Å². The Balaban J connectivity index is 1.28. The van der Waals surface area contributed by atoms with Gasteiger partial charge in [0.25, 0.3) is 5.91 Å². The number of hydrogen-bond donors (Lipinski definition) is 1. The highest BCUT2D eigenvalue weighted by Gasteiger charge is 2.23. The minimum atomic E-state index is -0.0543. The van der Waals surface area contributed by atoms with Gasteiger partial charge in [-0.3, -0.25) is 9.69 Å². The summed E-state index contributed by atoms with van der Waals surface area (Å²) >= 11 is 0. The van der Waals surface area contributed by atoms with Crippen molar-refractivity contribution in [3.63, 3.8) is 0 Å². The van der Waals surface area contributed by atoms with Crippen molar-refractivity contribution in [3.8, 4) is 0 Å². The highest BCUT2D eigenvalue weighted by molar-refractivity contribution is 5.95. The molecule has 0 atom stereocenters. The van der Waals surface area contributed by atoms with Crippen LogP contribution in [0, 0.1) is 6.92 Å². The quantitative estimate of drug-likeness (QED) is 0.771. The Bertz CT molecular complexity index is 858. The first-order chi connectivity index (χ1) is 15.1. The zero-order valence-corrected chi connectivity index (χ0v) is 18.8. The number of benzene rings is 1. The fourth-order valence-corrected chi connectivity index (χ4v) is 4.43. The fraction of sp³-hybridized carbons (Fsp3) is 0.542. The standard InChI is InChI=1S/C24H34N6O/c1-3-28-13-15-30(16-14-28)24-25-17-22(19(2)26-24)23(31)27-21-9-11-29(12-10-21)18-20-7-5-4-6-8-20/h4-8,17,21H,3,9-16,18H2,1-2H3,(H,27,31). The van der Waals surface area contributed by atoms with Crippen LogP contribution in [0.25, 0.3) is 0 Å². The molecule has 0 saturated carbocycles. The van der Waals surface area contributed by atoms with E-state index >= 15 is 0 Å². The zero-order chi connectivity index (χ0) is 21.6. The Labute approximate surface area is 185 Å². The molecule has 4 rings (SSSR count). The number of hydrogen-bond acceptors (Lipinski definition) is 6. The first-order valence-corrected chi connectivity index (χ1v) is 11.5. The average Bonchev–Trinajstić information content (AvgIpc) is 2.81. The molecule has 2 aromatic rings. The van der Waals surface area contributed by atoms with Gasteiger partial charge in [-0.1, -0.05) is 37.3 Å². The number of carbonyl (C=O) groups is 1. The minimum Gasteiger partial charge on any atom is -0.349 e. The van der Waals surface area contributed by atoms with Crippen LogP contribution in [0.15, 0.2) is 36.5 Å². The van der Waals surface area contributed by atoms with Gasteiger partial charge in [0, 0.05) is 58.1 Å². The molecule has 1 aromatic heterocycles. The molecule has 2 saturated heterocycles. The molecule has 31 heavy (non-hydrogen) atoms. The number of likely N-dealkylation sites (tertiary alicyclic amines) is 1. The average molecular weight is 423 g/mol. The Morgan fingerprint density at radius 3 is 2.39 bits per heavy atom. The number of piperidine rings is 1. The van der Waals surface area contributed by atoms with Gasteiger partial charge in [0.05, 0.1) is 11.3 Å². The van der Waals surface area contributed by atoms with E-state index in [-0.39, 0.29) is 11.9 Å². The molecular weight excluding hydrogens is 388 g/mol. The molecular formula is C24H34N6O. The lowest BCUT2D eigenvalue weighted by molar-refractivity contribution is 0.0907. The van der Waals surface area contributed by atoms with Crippen molar-refractivity contribution in [2.24, 2.45) is 0 Å². The molecule has 1 amide bonds. The van der Waals surface area contributed by atoms with Gasteiger partial charge in [-0.25, -0.2) is 9.97 Å². The molecule has 0 unspecified atom stereocenters. The largest absolute Gasteiger partial charge is 0.349 e. The number of likely N-dealkylation sites (N-methyl/N-ethyl adjacent to an activating group) is 1. The number of aryl methyl sites for hydroxylation is 1. The van der Waals surface area contributed by atoms with Crippen LogP contribution in [-0.2, 0) is 6.54 Å². The third kappa shape index (κ3) is 5.60. The molecule has 3 heterocycles. The SMILES string of the molecule is CCN1CCN(c2ncc(C(=O)NC3CCN(Cc4ccccc4)CC3)c(C)n2)CC1. The van der Waals surface area contributed by atoms with Crippen molar-refractivity contribution in [1.82, 2.24) is 25.1 Å². The van der Waals surface area contributed by atoms with Crippen molar-refractivity contribution in [3.05, 3.63) is 53.3 Å². The Morgan fingerprint density at radius 2 is 1.74 bits per heavy atom. The lowest BCUT2D eigenvalue weighted by Crippen LogP contribution is -2.47. The van der Waals surface area contributed by atoms with Crippen LogP contribution in [-0.4, -0.2) is 77.5 Å². The molecule has 7 nitrogen and oxygen atoms in total. The number of rotatable bonds is 6. The maximum Gasteiger partial charge on any atom is 0.254 e. The Kier molecular flexibility index (Phi) is 7.14. The highest BCUT2D eigenvalue weighted by Crippen LogP contribution is 2.17. The Hall–Kier alpha value is -2.51. The maximum absolute atomic E-state index is 12.9. The van der Waals surface area contributed by atoms with Crippen LogP contribution in [0.5, 0.6) is 0 Å². The second-order valence-electron chi connectivity index (χ2n) is 8.60. The van der Waals surface area contributed by atoms with Crippen molar-refractivity contribution in [1.29, 1.82) is 0 Å². The number of nitrogens with zero attached hydrogens (tertiary/aromatic N) is 5.